The number of nitrogen functional groups attached to an aromatic ring is 1. The number of morpholine rings is 1. The molecule has 10 nitrogen and oxygen atoms in total. The predicted molar refractivity (Wildman–Crippen MR) is 127 cm³/mol. The molecular weight excluding hydrogens is 434 g/mol. The molecule has 1 fully saturated rings. The Balaban J connectivity index is 1.66. The number of carbonyl (C=O) groups excluding carboxylic acids is 2. The molecule has 1 aliphatic heterocycles. The third-order valence-electron chi connectivity index (χ3n) is 5.91. The van der Waals surface area contributed by atoms with E-state index in [0.29, 0.717) is 43.1 Å². The Hall–Kier alpha value is -4.31. The molecule has 2 aromatic carbocycles. The minimum absolute atomic E-state index is 0.0789. The second-order valence-corrected chi connectivity index (χ2v) is 8.10. The van der Waals surface area contributed by atoms with Crippen LogP contribution in [-0.2, 0) is 4.74 Å². The topological polar surface area (TPSA) is 153 Å². The molecule has 0 bridgehead atoms. The summed E-state index contributed by atoms with van der Waals surface area (Å²) in [5, 5.41) is 7.86. The molecule has 2 aromatic heterocycles. The van der Waals surface area contributed by atoms with Gasteiger partial charge in [0.15, 0.2) is 11.5 Å². The zero-order chi connectivity index (χ0) is 23.8. The van der Waals surface area contributed by atoms with Crippen molar-refractivity contribution < 1.29 is 14.3 Å². The first-order valence-corrected chi connectivity index (χ1v) is 10.8. The van der Waals surface area contributed by atoms with Crippen LogP contribution < -0.4 is 11.5 Å². The fraction of sp³-hybridized carbons (Fsp3) is 0.208. The van der Waals surface area contributed by atoms with Gasteiger partial charge in [-0.3, -0.25) is 14.7 Å². The van der Waals surface area contributed by atoms with Crippen molar-refractivity contribution >= 4 is 28.4 Å². The number of amides is 2. The Kier molecular flexibility index (Phi) is 5.42. The first kappa shape index (κ1) is 21.5. The molecule has 5 N–H and O–H groups in total. The van der Waals surface area contributed by atoms with Gasteiger partial charge in [-0.05, 0) is 30.7 Å². The van der Waals surface area contributed by atoms with Crippen LogP contribution in [0, 0.1) is 6.92 Å². The average molecular weight is 457 g/mol. The highest BCUT2D eigenvalue weighted by Crippen LogP contribution is 2.35. The minimum Gasteiger partial charge on any atom is -0.395 e. The van der Waals surface area contributed by atoms with Gasteiger partial charge in [-0.15, -0.1) is 0 Å². The van der Waals surface area contributed by atoms with Crippen molar-refractivity contribution in [2.24, 2.45) is 5.73 Å². The summed E-state index contributed by atoms with van der Waals surface area (Å²) in [7, 11) is 0. The van der Waals surface area contributed by atoms with Crippen molar-refractivity contribution in [2.75, 3.05) is 32.0 Å². The third-order valence-corrected chi connectivity index (χ3v) is 5.91. The van der Waals surface area contributed by atoms with Gasteiger partial charge in [-0.1, -0.05) is 18.2 Å². The SMILES string of the molecule is Cc1ccc2[nH]ncc2c1-c1nc(-c2cccc(C(=O)N3CCOCC3)c2)nc(C(N)=O)c1N. The van der Waals surface area contributed by atoms with E-state index >= 15 is 0 Å². The highest BCUT2D eigenvalue weighted by Gasteiger charge is 2.23. The van der Waals surface area contributed by atoms with Crippen LogP contribution in [0.2, 0.25) is 0 Å². The quantitative estimate of drug-likeness (QED) is 0.424. The summed E-state index contributed by atoms with van der Waals surface area (Å²) < 4.78 is 5.34. The van der Waals surface area contributed by atoms with Crippen LogP contribution in [0.15, 0.2) is 42.6 Å². The van der Waals surface area contributed by atoms with Crippen molar-refractivity contribution in [2.45, 2.75) is 6.92 Å². The fourth-order valence-corrected chi connectivity index (χ4v) is 4.16. The van der Waals surface area contributed by atoms with Crippen LogP contribution in [0.4, 0.5) is 5.69 Å². The Bertz CT molecular complexity index is 1420. The molecule has 0 atom stereocenters. The second kappa shape index (κ2) is 8.56. The van der Waals surface area contributed by atoms with Crippen molar-refractivity contribution in [3.05, 3.63) is 59.4 Å². The summed E-state index contributed by atoms with van der Waals surface area (Å²) in [6.07, 6.45) is 1.68. The lowest BCUT2D eigenvalue weighted by Crippen LogP contribution is -2.40. The number of H-pyrrole nitrogens is 1. The zero-order valence-corrected chi connectivity index (χ0v) is 18.5. The normalized spacial score (nSPS) is 13.9. The van der Waals surface area contributed by atoms with Crippen molar-refractivity contribution in [1.82, 2.24) is 25.1 Å². The number of carbonyl (C=O) groups is 2. The minimum atomic E-state index is -0.764. The molecule has 0 radical (unpaired) electrons. The predicted octanol–water partition coefficient (Wildman–Crippen LogP) is 2.15. The number of rotatable bonds is 4. The number of hydrogen-bond acceptors (Lipinski definition) is 7. The molecule has 0 unspecified atom stereocenters. The van der Waals surface area contributed by atoms with Crippen molar-refractivity contribution in [3.8, 4) is 22.6 Å². The smallest absolute Gasteiger partial charge is 0.269 e. The van der Waals surface area contributed by atoms with E-state index in [9.17, 15) is 9.59 Å². The zero-order valence-electron chi connectivity index (χ0n) is 18.5. The number of ether oxygens (including phenoxy) is 1. The van der Waals surface area contributed by atoms with Crippen LogP contribution in [-0.4, -0.2) is 63.2 Å². The molecule has 172 valence electrons. The van der Waals surface area contributed by atoms with Crippen LogP contribution in [0.25, 0.3) is 33.5 Å². The van der Waals surface area contributed by atoms with E-state index in [2.05, 4.69) is 15.2 Å². The number of nitrogens with one attached hydrogen (secondary N) is 1. The number of primary amides is 1. The number of benzene rings is 2. The van der Waals surface area contributed by atoms with Gasteiger partial charge in [0.25, 0.3) is 11.8 Å². The molecule has 5 rings (SSSR count). The number of nitrogens with zero attached hydrogens (tertiary/aromatic N) is 4. The van der Waals surface area contributed by atoms with Crippen molar-refractivity contribution in [1.29, 1.82) is 0 Å². The average Bonchev–Trinajstić information content (AvgIpc) is 3.33. The second-order valence-electron chi connectivity index (χ2n) is 8.10. The monoisotopic (exact) mass is 457 g/mol. The van der Waals surface area contributed by atoms with Crippen molar-refractivity contribution in [3.63, 3.8) is 0 Å². The lowest BCUT2D eigenvalue weighted by Gasteiger charge is -2.27. The number of aromatic amines is 1. The van der Waals surface area contributed by atoms with Crippen LogP contribution in [0.3, 0.4) is 0 Å². The molecule has 2 amide bonds. The molecule has 3 heterocycles. The highest BCUT2D eigenvalue weighted by atomic mass is 16.5. The summed E-state index contributed by atoms with van der Waals surface area (Å²) in [6.45, 7) is 4.01. The summed E-state index contributed by atoms with van der Waals surface area (Å²) in [5.74, 6) is -0.621. The Labute approximate surface area is 194 Å². The van der Waals surface area contributed by atoms with Gasteiger partial charge in [-0.25, -0.2) is 9.97 Å². The molecule has 0 spiro atoms. The largest absolute Gasteiger partial charge is 0.395 e. The molecule has 0 saturated carbocycles. The third kappa shape index (κ3) is 3.73. The van der Waals surface area contributed by atoms with Gasteiger partial charge in [0.1, 0.15) is 0 Å². The number of fused-ring (bicyclic) bond motifs is 1. The number of aromatic nitrogens is 4. The summed E-state index contributed by atoms with van der Waals surface area (Å²) in [4.78, 5) is 36.1. The number of hydrogen-bond donors (Lipinski definition) is 3. The lowest BCUT2D eigenvalue weighted by atomic mass is 9.99. The van der Waals surface area contributed by atoms with E-state index in [1.165, 1.54) is 0 Å². The highest BCUT2D eigenvalue weighted by molar-refractivity contribution is 6.04. The Morgan fingerprint density at radius 1 is 1.12 bits per heavy atom. The maximum Gasteiger partial charge on any atom is 0.269 e. The number of nitrogens with two attached hydrogens (primary N) is 2. The molecule has 1 aliphatic rings. The van der Waals surface area contributed by atoms with Crippen LogP contribution in [0.5, 0.6) is 0 Å². The standard InChI is InChI=1S/C24H23N7O3/c1-13-5-6-17-16(12-27-30-17)18(13)20-19(25)21(22(26)32)29-23(28-20)14-3-2-4-15(11-14)24(33)31-7-9-34-10-8-31/h2-6,11-12H,7-10,25H2,1H3,(H2,26,32)(H,27,30). The maximum absolute atomic E-state index is 13.0. The fourth-order valence-electron chi connectivity index (χ4n) is 4.16. The molecule has 10 heteroatoms. The van der Waals surface area contributed by atoms with E-state index in [-0.39, 0.29) is 23.1 Å². The molecular formula is C24H23N7O3. The summed E-state index contributed by atoms with van der Waals surface area (Å²) in [6, 6.07) is 10.8. The maximum atomic E-state index is 13.0. The molecule has 34 heavy (non-hydrogen) atoms. The first-order valence-electron chi connectivity index (χ1n) is 10.8. The lowest BCUT2D eigenvalue weighted by molar-refractivity contribution is 0.0303. The van der Waals surface area contributed by atoms with Crippen LogP contribution in [0.1, 0.15) is 26.4 Å². The molecule has 0 aliphatic carbocycles. The van der Waals surface area contributed by atoms with Gasteiger partial charge >= 0.3 is 0 Å². The van der Waals surface area contributed by atoms with Gasteiger partial charge in [0.05, 0.1) is 36.3 Å². The van der Waals surface area contributed by atoms with E-state index in [0.717, 1.165) is 22.0 Å². The van der Waals surface area contributed by atoms with E-state index < -0.39 is 5.91 Å². The van der Waals surface area contributed by atoms with Gasteiger partial charge in [0.2, 0.25) is 0 Å². The molecule has 1 saturated heterocycles. The van der Waals surface area contributed by atoms with E-state index in [4.69, 9.17) is 21.2 Å². The first-order chi connectivity index (χ1) is 16.4. The summed E-state index contributed by atoms with van der Waals surface area (Å²) >= 11 is 0. The van der Waals surface area contributed by atoms with Gasteiger partial charge < -0.3 is 21.1 Å². The summed E-state index contributed by atoms with van der Waals surface area (Å²) in [5.41, 5.74) is 15.8. The molecule has 4 aromatic rings. The Morgan fingerprint density at radius 3 is 2.68 bits per heavy atom. The number of anilines is 1. The van der Waals surface area contributed by atoms with Gasteiger partial charge in [-0.2, -0.15) is 5.10 Å². The van der Waals surface area contributed by atoms with E-state index in [1.807, 2.05) is 19.1 Å². The van der Waals surface area contributed by atoms with E-state index in [1.54, 1.807) is 35.4 Å². The number of aryl methyl sites for hydroxylation is 1. The van der Waals surface area contributed by atoms with Crippen LogP contribution >= 0.6 is 0 Å². The van der Waals surface area contributed by atoms with Gasteiger partial charge in [0, 0.05) is 35.2 Å². The Morgan fingerprint density at radius 2 is 1.91 bits per heavy atom.